The Labute approximate surface area is 183 Å². The van der Waals surface area contributed by atoms with E-state index in [0.717, 1.165) is 0 Å². The Morgan fingerprint density at radius 1 is 1.38 bits per heavy atom. The number of nitrogens with one attached hydrogen (secondary N) is 1. The Morgan fingerprint density at radius 2 is 2.14 bits per heavy atom. The largest absolute Gasteiger partial charge is 0.492 e. The smallest absolute Gasteiger partial charge is 0.245 e. The van der Waals surface area contributed by atoms with Gasteiger partial charge in [-0.1, -0.05) is 19.9 Å². The molecule has 0 radical (unpaired) electrons. The minimum atomic E-state index is -0.962. The lowest BCUT2D eigenvalue weighted by atomic mass is 9.54. The van der Waals surface area contributed by atoms with E-state index in [1.54, 1.807) is 17.1 Å². The van der Waals surface area contributed by atoms with E-state index in [-0.39, 0.29) is 36.8 Å². The summed E-state index contributed by atoms with van der Waals surface area (Å²) in [6.45, 7) is 7.54. The monoisotopic (exact) mass is 445 g/mol. The van der Waals surface area contributed by atoms with Crippen LogP contribution in [0.25, 0.3) is 0 Å². The van der Waals surface area contributed by atoms with Gasteiger partial charge in [0.15, 0.2) is 0 Å². The second-order valence-corrected chi connectivity index (χ2v) is 7.33. The van der Waals surface area contributed by atoms with Crippen molar-refractivity contribution in [2.45, 2.75) is 45.4 Å². The van der Waals surface area contributed by atoms with Crippen molar-refractivity contribution in [1.29, 1.82) is 0 Å². The molecule has 0 bridgehead atoms. The van der Waals surface area contributed by atoms with Gasteiger partial charge >= 0.3 is 0 Å². The maximum absolute atomic E-state index is 12.8. The first-order valence-electron chi connectivity index (χ1n) is 9.14. The van der Waals surface area contributed by atoms with Crippen molar-refractivity contribution < 1.29 is 14.3 Å². The van der Waals surface area contributed by atoms with Gasteiger partial charge in [0.05, 0.1) is 12.6 Å². The van der Waals surface area contributed by atoms with Crippen molar-refractivity contribution in [3.05, 3.63) is 36.9 Å². The number of benzene rings is 1. The van der Waals surface area contributed by atoms with Crippen LogP contribution in [0.5, 0.6) is 5.75 Å². The molecule has 3 N–H and O–H groups in total. The van der Waals surface area contributed by atoms with Crippen molar-refractivity contribution in [3.63, 3.8) is 0 Å². The molecule has 29 heavy (non-hydrogen) atoms. The van der Waals surface area contributed by atoms with E-state index >= 15 is 0 Å². The van der Waals surface area contributed by atoms with Crippen molar-refractivity contribution in [3.8, 4) is 5.75 Å². The van der Waals surface area contributed by atoms with Gasteiger partial charge < -0.3 is 20.5 Å². The summed E-state index contributed by atoms with van der Waals surface area (Å²) in [6.07, 6.45) is 3.62. The van der Waals surface area contributed by atoms with Crippen LogP contribution >= 0.6 is 24.8 Å². The molecule has 1 aromatic carbocycles. The molecule has 3 rings (SSSR count). The van der Waals surface area contributed by atoms with Crippen LogP contribution in [0, 0.1) is 5.41 Å². The summed E-state index contributed by atoms with van der Waals surface area (Å²) in [5.74, 6) is 0.460. The first-order chi connectivity index (χ1) is 12.9. The molecule has 2 unspecified atom stereocenters. The van der Waals surface area contributed by atoms with E-state index in [0.29, 0.717) is 37.6 Å². The lowest BCUT2D eigenvalue weighted by molar-refractivity contribution is -0.166. The second kappa shape index (κ2) is 10.2. The van der Waals surface area contributed by atoms with Gasteiger partial charge in [-0.15, -0.1) is 24.8 Å². The molecular formula is C19H29Cl2N5O3. The summed E-state index contributed by atoms with van der Waals surface area (Å²) in [7, 11) is 0. The van der Waals surface area contributed by atoms with Crippen molar-refractivity contribution >= 4 is 36.4 Å². The van der Waals surface area contributed by atoms with E-state index in [1.165, 1.54) is 6.33 Å². The Kier molecular flexibility index (Phi) is 8.89. The van der Waals surface area contributed by atoms with E-state index in [2.05, 4.69) is 15.4 Å². The third-order valence-corrected chi connectivity index (χ3v) is 5.38. The van der Waals surface area contributed by atoms with E-state index in [9.17, 15) is 4.79 Å². The highest BCUT2D eigenvalue weighted by Crippen LogP contribution is 2.50. The minimum Gasteiger partial charge on any atom is -0.492 e. The number of hydrogen-bond donors (Lipinski definition) is 2. The summed E-state index contributed by atoms with van der Waals surface area (Å²) in [5.41, 5.74) is 5.68. The number of anilines is 1. The van der Waals surface area contributed by atoms with Crippen LogP contribution in [0.1, 0.15) is 27.2 Å². The van der Waals surface area contributed by atoms with Crippen LogP contribution < -0.4 is 15.8 Å². The molecule has 162 valence electrons. The third-order valence-electron chi connectivity index (χ3n) is 5.38. The zero-order chi connectivity index (χ0) is 19.5. The van der Waals surface area contributed by atoms with E-state index in [1.807, 2.05) is 39.0 Å². The molecular weight excluding hydrogens is 417 g/mol. The normalized spacial score (nSPS) is 21.9. The van der Waals surface area contributed by atoms with Gasteiger partial charge in [0.1, 0.15) is 30.5 Å². The molecule has 10 heteroatoms. The zero-order valence-electron chi connectivity index (χ0n) is 16.8. The van der Waals surface area contributed by atoms with Crippen LogP contribution in [0.4, 0.5) is 5.69 Å². The predicted octanol–water partition coefficient (Wildman–Crippen LogP) is 2.67. The molecule has 1 aliphatic rings. The molecule has 1 aliphatic carbocycles. The molecule has 1 amide bonds. The number of rotatable bonds is 8. The van der Waals surface area contributed by atoms with Crippen LogP contribution in [0.2, 0.25) is 0 Å². The highest BCUT2D eigenvalue weighted by atomic mass is 35.5. The molecule has 1 heterocycles. The van der Waals surface area contributed by atoms with Crippen LogP contribution in [-0.4, -0.2) is 45.5 Å². The fraction of sp³-hybridized carbons (Fsp3) is 0.526. The number of carbonyl (C=O) groups excluding carboxylic acids is 1. The van der Waals surface area contributed by atoms with Crippen molar-refractivity contribution in [2.24, 2.45) is 11.1 Å². The predicted molar refractivity (Wildman–Crippen MR) is 116 cm³/mol. The topological polar surface area (TPSA) is 104 Å². The highest BCUT2D eigenvalue weighted by Gasteiger charge is 2.62. The maximum Gasteiger partial charge on any atom is 0.245 e. The zero-order valence-corrected chi connectivity index (χ0v) is 18.5. The van der Waals surface area contributed by atoms with Crippen LogP contribution in [0.15, 0.2) is 36.9 Å². The van der Waals surface area contributed by atoms with Crippen LogP contribution in [0.3, 0.4) is 0 Å². The molecule has 1 aromatic heterocycles. The summed E-state index contributed by atoms with van der Waals surface area (Å²) in [5, 5.41) is 6.94. The SMILES string of the molecule is CCOC1CC(N)(C(=O)Nc2cccc(OCCn3cncn3)c2)C1(C)C.Cl.Cl. The van der Waals surface area contributed by atoms with Gasteiger partial charge in [0.2, 0.25) is 5.91 Å². The summed E-state index contributed by atoms with van der Waals surface area (Å²) < 4.78 is 13.1. The number of hydrogen-bond acceptors (Lipinski definition) is 6. The Hall–Kier alpha value is -1.87. The Morgan fingerprint density at radius 3 is 2.76 bits per heavy atom. The Balaban J connectivity index is 0.00000210. The maximum atomic E-state index is 12.8. The molecule has 1 saturated carbocycles. The summed E-state index contributed by atoms with van der Waals surface area (Å²) in [4.78, 5) is 16.7. The van der Waals surface area contributed by atoms with E-state index in [4.69, 9.17) is 15.2 Å². The van der Waals surface area contributed by atoms with Crippen molar-refractivity contribution in [1.82, 2.24) is 14.8 Å². The molecule has 0 spiro atoms. The third kappa shape index (κ3) is 5.19. The van der Waals surface area contributed by atoms with Gasteiger partial charge in [-0.05, 0) is 19.1 Å². The van der Waals surface area contributed by atoms with Gasteiger partial charge in [-0.2, -0.15) is 5.10 Å². The van der Waals surface area contributed by atoms with Gasteiger partial charge in [0.25, 0.3) is 0 Å². The average molecular weight is 446 g/mol. The van der Waals surface area contributed by atoms with E-state index < -0.39 is 11.0 Å². The molecule has 2 aromatic rings. The fourth-order valence-electron chi connectivity index (χ4n) is 3.33. The second-order valence-electron chi connectivity index (χ2n) is 7.33. The standard InChI is InChI=1S/C19H27N5O3.2ClH/c1-4-26-16-11-19(20,18(16,2)3)17(25)23-14-6-5-7-15(10-14)27-9-8-24-13-21-12-22-24;;/h5-7,10,12-13,16H,4,8-9,11,20H2,1-3H3,(H,23,25);2*1H. The fourth-order valence-corrected chi connectivity index (χ4v) is 3.33. The molecule has 2 atom stereocenters. The quantitative estimate of drug-likeness (QED) is 0.646. The number of amides is 1. The minimum absolute atomic E-state index is 0. The number of nitrogens with two attached hydrogens (primary N) is 1. The number of aromatic nitrogens is 3. The number of nitrogens with zero attached hydrogens (tertiary/aromatic N) is 3. The van der Waals surface area contributed by atoms with Gasteiger partial charge in [-0.3, -0.25) is 4.79 Å². The first kappa shape index (κ1) is 25.2. The van der Waals surface area contributed by atoms with Gasteiger partial charge in [0, 0.05) is 30.2 Å². The molecule has 0 saturated heterocycles. The highest BCUT2D eigenvalue weighted by molar-refractivity contribution is 5.99. The molecule has 8 nitrogen and oxygen atoms in total. The summed E-state index contributed by atoms with van der Waals surface area (Å²) in [6, 6.07) is 7.28. The lowest BCUT2D eigenvalue weighted by Gasteiger charge is -2.57. The van der Waals surface area contributed by atoms with Crippen LogP contribution in [-0.2, 0) is 16.1 Å². The number of ether oxygens (including phenoxy) is 2. The number of halogens is 2. The summed E-state index contributed by atoms with van der Waals surface area (Å²) >= 11 is 0. The lowest BCUT2D eigenvalue weighted by Crippen LogP contribution is -2.74. The average Bonchev–Trinajstić information content (AvgIpc) is 3.15. The number of carbonyl (C=O) groups is 1. The van der Waals surface area contributed by atoms with Crippen molar-refractivity contribution in [2.75, 3.05) is 18.5 Å². The molecule has 1 fully saturated rings. The molecule has 0 aliphatic heterocycles. The first-order valence-corrected chi connectivity index (χ1v) is 9.14. The Bertz CT molecular complexity index is 788. The van der Waals surface area contributed by atoms with Gasteiger partial charge in [-0.25, -0.2) is 9.67 Å².